The molecule has 10 nitrogen and oxygen atoms in total. The van der Waals surface area contributed by atoms with E-state index in [-0.39, 0.29) is 17.9 Å². The van der Waals surface area contributed by atoms with Crippen molar-refractivity contribution in [3.05, 3.63) is 70.9 Å². The highest BCUT2D eigenvalue weighted by atomic mass is 16.5. The van der Waals surface area contributed by atoms with Crippen molar-refractivity contribution in [2.24, 2.45) is 7.05 Å². The Morgan fingerprint density at radius 2 is 2.06 bits per heavy atom. The zero-order valence-electron chi connectivity index (χ0n) is 16.7. The molecule has 5 rings (SSSR count). The van der Waals surface area contributed by atoms with Crippen LogP contribution in [0.5, 0.6) is 0 Å². The molecule has 154 valence electrons. The van der Waals surface area contributed by atoms with E-state index in [0.717, 1.165) is 15.7 Å². The fourth-order valence-corrected chi connectivity index (χ4v) is 3.40. The molecule has 2 aromatic carbocycles. The van der Waals surface area contributed by atoms with Gasteiger partial charge < -0.3 is 14.9 Å². The van der Waals surface area contributed by atoms with Gasteiger partial charge in [0.1, 0.15) is 16.9 Å². The van der Waals surface area contributed by atoms with Crippen LogP contribution in [0, 0.1) is 12.1 Å². The molecule has 0 spiro atoms. The number of amides is 1. The van der Waals surface area contributed by atoms with Crippen LogP contribution >= 0.6 is 0 Å². The molecule has 0 radical (unpaired) electrons. The lowest BCUT2D eigenvalue weighted by Gasteiger charge is -2.09. The SMILES string of the molecule is Cc1c(C(=O)NCc2cc3cc(-c4nnn(C)n4)ccc3o2)nc2ccccc2[n+]1[O-]. The average Bonchev–Trinajstić information content (AvgIpc) is 3.39. The molecule has 3 heterocycles. The third-order valence-corrected chi connectivity index (χ3v) is 4.95. The fourth-order valence-electron chi connectivity index (χ4n) is 3.40. The van der Waals surface area contributed by atoms with Crippen LogP contribution in [-0.2, 0) is 13.6 Å². The Morgan fingerprint density at radius 3 is 2.87 bits per heavy atom. The van der Waals surface area contributed by atoms with E-state index in [2.05, 4.69) is 25.7 Å². The van der Waals surface area contributed by atoms with Gasteiger partial charge in [-0.15, -0.1) is 10.2 Å². The first-order valence-corrected chi connectivity index (χ1v) is 9.53. The van der Waals surface area contributed by atoms with Crippen LogP contribution in [0.1, 0.15) is 21.9 Å². The molecule has 0 atom stereocenters. The molecular formula is C21H17N7O3. The maximum absolute atomic E-state index is 12.7. The van der Waals surface area contributed by atoms with Crippen LogP contribution in [0.3, 0.4) is 0 Å². The zero-order valence-corrected chi connectivity index (χ0v) is 16.7. The summed E-state index contributed by atoms with van der Waals surface area (Å²) in [5.74, 6) is 0.642. The minimum atomic E-state index is -0.447. The second-order valence-corrected chi connectivity index (χ2v) is 7.08. The van der Waals surface area contributed by atoms with Crippen molar-refractivity contribution >= 4 is 27.9 Å². The lowest BCUT2D eigenvalue weighted by molar-refractivity contribution is -0.584. The Morgan fingerprint density at radius 1 is 1.23 bits per heavy atom. The van der Waals surface area contributed by atoms with Crippen LogP contribution in [0.2, 0.25) is 0 Å². The summed E-state index contributed by atoms with van der Waals surface area (Å²) < 4.78 is 6.53. The molecule has 0 aliphatic rings. The summed E-state index contributed by atoms with van der Waals surface area (Å²) in [6.45, 7) is 1.73. The Hall–Kier alpha value is -4.34. The Labute approximate surface area is 175 Å². The first-order chi connectivity index (χ1) is 15.0. The van der Waals surface area contributed by atoms with E-state index in [1.807, 2.05) is 24.3 Å². The number of rotatable bonds is 4. The predicted molar refractivity (Wildman–Crippen MR) is 111 cm³/mol. The number of aromatic nitrogens is 6. The van der Waals surface area contributed by atoms with Crippen LogP contribution in [0.25, 0.3) is 33.4 Å². The summed E-state index contributed by atoms with van der Waals surface area (Å²) in [5, 5.41) is 28.1. The van der Waals surface area contributed by atoms with Crippen molar-refractivity contribution in [3.8, 4) is 11.4 Å². The van der Waals surface area contributed by atoms with Crippen LogP contribution < -0.4 is 10.0 Å². The first-order valence-electron chi connectivity index (χ1n) is 9.53. The summed E-state index contributed by atoms with van der Waals surface area (Å²) in [6, 6.07) is 14.3. The van der Waals surface area contributed by atoms with E-state index in [1.54, 1.807) is 38.2 Å². The number of tetrazole rings is 1. The Bertz CT molecular complexity index is 1450. The van der Waals surface area contributed by atoms with E-state index >= 15 is 0 Å². The fraction of sp³-hybridized carbons (Fsp3) is 0.143. The second kappa shape index (κ2) is 7.17. The summed E-state index contributed by atoms with van der Waals surface area (Å²) in [4.78, 5) is 18.4. The van der Waals surface area contributed by atoms with Crippen molar-refractivity contribution in [2.75, 3.05) is 0 Å². The standard InChI is InChI=1S/C21H17N7O3/c1-12-19(23-16-5-3-4-6-17(16)28(12)30)21(29)22-11-15-10-14-9-13(7-8-18(14)31-15)20-24-26-27(2)25-20/h3-10H,11H2,1-2H3,(H,22,29). The number of nitrogens with one attached hydrogen (secondary N) is 1. The van der Waals surface area contributed by atoms with Gasteiger partial charge >= 0.3 is 0 Å². The Kier molecular flexibility index (Phi) is 4.32. The van der Waals surface area contributed by atoms with Gasteiger partial charge in [-0.1, -0.05) is 12.1 Å². The highest BCUT2D eigenvalue weighted by Crippen LogP contribution is 2.24. The highest BCUT2D eigenvalue weighted by molar-refractivity contribution is 5.94. The summed E-state index contributed by atoms with van der Waals surface area (Å²) in [5.41, 5.74) is 2.69. The average molecular weight is 415 g/mol. The van der Waals surface area contributed by atoms with Crippen molar-refractivity contribution < 1.29 is 13.9 Å². The molecule has 0 unspecified atom stereocenters. The van der Waals surface area contributed by atoms with Crippen molar-refractivity contribution in [2.45, 2.75) is 13.5 Å². The molecule has 0 fully saturated rings. The number of fused-ring (bicyclic) bond motifs is 2. The molecule has 0 aliphatic carbocycles. The van der Waals surface area contributed by atoms with E-state index in [4.69, 9.17) is 4.42 Å². The number of aryl methyl sites for hydroxylation is 1. The lowest BCUT2D eigenvalue weighted by Crippen LogP contribution is -2.36. The van der Waals surface area contributed by atoms with Gasteiger partial charge in [-0.2, -0.15) is 9.53 Å². The van der Waals surface area contributed by atoms with Crippen LogP contribution in [-0.4, -0.2) is 31.1 Å². The number of benzene rings is 2. The molecule has 5 aromatic rings. The molecule has 0 saturated heterocycles. The number of carbonyl (C=O) groups excluding carboxylic acids is 1. The number of nitrogens with zero attached hydrogens (tertiary/aromatic N) is 6. The number of hydrogen-bond donors (Lipinski definition) is 1. The largest absolute Gasteiger partial charge is 0.618 e. The predicted octanol–water partition coefficient (Wildman–Crippen LogP) is 2.04. The lowest BCUT2D eigenvalue weighted by atomic mass is 10.1. The van der Waals surface area contributed by atoms with Gasteiger partial charge in [0.15, 0.2) is 5.69 Å². The molecule has 0 saturated carbocycles. The highest BCUT2D eigenvalue weighted by Gasteiger charge is 2.21. The van der Waals surface area contributed by atoms with E-state index in [9.17, 15) is 10.0 Å². The molecular weight excluding hydrogens is 398 g/mol. The maximum Gasteiger partial charge on any atom is 0.276 e. The van der Waals surface area contributed by atoms with Gasteiger partial charge in [-0.05, 0) is 35.5 Å². The summed E-state index contributed by atoms with van der Waals surface area (Å²) in [6.07, 6.45) is 0. The number of furan rings is 1. The van der Waals surface area contributed by atoms with Crippen molar-refractivity contribution in [3.63, 3.8) is 0 Å². The van der Waals surface area contributed by atoms with Crippen LogP contribution in [0.4, 0.5) is 0 Å². The van der Waals surface area contributed by atoms with Crippen molar-refractivity contribution in [1.29, 1.82) is 0 Å². The number of hydrogen-bond acceptors (Lipinski definition) is 7. The summed E-state index contributed by atoms with van der Waals surface area (Å²) >= 11 is 0. The third kappa shape index (κ3) is 3.33. The van der Waals surface area contributed by atoms with Gasteiger partial charge in [0.25, 0.3) is 5.91 Å². The van der Waals surface area contributed by atoms with E-state index < -0.39 is 5.91 Å². The molecule has 0 bridgehead atoms. The molecule has 1 amide bonds. The van der Waals surface area contributed by atoms with E-state index in [0.29, 0.717) is 28.2 Å². The molecule has 10 heteroatoms. The maximum atomic E-state index is 12.7. The monoisotopic (exact) mass is 415 g/mol. The number of carbonyl (C=O) groups is 1. The normalized spacial score (nSPS) is 11.3. The van der Waals surface area contributed by atoms with Gasteiger partial charge in [0.05, 0.1) is 13.6 Å². The van der Waals surface area contributed by atoms with Gasteiger partial charge in [0, 0.05) is 23.9 Å². The Balaban J connectivity index is 1.38. The minimum Gasteiger partial charge on any atom is -0.618 e. The zero-order chi connectivity index (χ0) is 21.5. The quantitative estimate of drug-likeness (QED) is 0.352. The topological polar surface area (TPSA) is 126 Å². The van der Waals surface area contributed by atoms with E-state index in [1.165, 1.54) is 4.80 Å². The third-order valence-electron chi connectivity index (χ3n) is 4.95. The van der Waals surface area contributed by atoms with Gasteiger partial charge in [-0.3, -0.25) is 4.79 Å². The molecule has 31 heavy (non-hydrogen) atoms. The first kappa shape index (κ1) is 18.7. The van der Waals surface area contributed by atoms with Crippen molar-refractivity contribution in [1.82, 2.24) is 30.5 Å². The molecule has 0 aliphatic heterocycles. The summed E-state index contributed by atoms with van der Waals surface area (Å²) in [7, 11) is 1.70. The molecule has 3 aromatic heterocycles. The van der Waals surface area contributed by atoms with Gasteiger partial charge in [0.2, 0.25) is 17.0 Å². The second-order valence-electron chi connectivity index (χ2n) is 7.08. The van der Waals surface area contributed by atoms with Crippen LogP contribution in [0.15, 0.2) is 52.9 Å². The smallest absolute Gasteiger partial charge is 0.276 e. The van der Waals surface area contributed by atoms with Gasteiger partial charge in [-0.25, -0.2) is 4.98 Å². The number of para-hydroxylation sites is 2. The molecule has 1 N–H and O–H groups in total. The minimum absolute atomic E-state index is 0.0841.